The largest absolute Gasteiger partial charge is 0.481 e. The molecule has 1 aromatic heterocycles. The van der Waals surface area contributed by atoms with E-state index < -0.39 is 5.97 Å². The molecule has 1 heterocycles. The summed E-state index contributed by atoms with van der Waals surface area (Å²) >= 11 is 0. The summed E-state index contributed by atoms with van der Waals surface area (Å²) in [4.78, 5) is 10.7. The highest BCUT2D eigenvalue weighted by molar-refractivity contribution is 5.67. The van der Waals surface area contributed by atoms with Gasteiger partial charge in [0.15, 0.2) is 0 Å². The SMILES string of the molecule is O=C(O)CCc1cccn1-c1ccc(-c2ccccc2)cc1. The summed E-state index contributed by atoms with van der Waals surface area (Å²) in [7, 11) is 0. The van der Waals surface area contributed by atoms with Gasteiger partial charge in [-0.1, -0.05) is 42.5 Å². The standard InChI is InChI=1S/C19H17NO2/c21-19(22)13-12-17-7-4-14-20(17)18-10-8-16(9-11-18)15-5-2-1-3-6-15/h1-11,14H,12-13H2,(H,21,22). The highest BCUT2D eigenvalue weighted by atomic mass is 16.4. The van der Waals surface area contributed by atoms with Gasteiger partial charge in [-0.25, -0.2) is 0 Å². The average molecular weight is 291 g/mol. The molecular formula is C19H17NO2. The highest BCUT2D eigenvalue weighted by Gasteiger charge is 2.06. The van der Waals surface area contributed by atoms with Crippen molar-refractivity contribution in [3.05, 3.63) is 78.6 Å². The lowest BCUT2D eigenvalue weighted by Crippen LogP contribution is -2.03. The fourth-order valence-electron chi connectivity index (χ4n) is 2.55. The van der Waals surface area contributed by atoms with Gasteiger partial charge in [-0.05, 0) is 41.8 Å². The number of aromatic nitrogens is 1. The summed E-state index contributed by atoms with van der Waals surface area (Å²) in [6, 6.07) is 22.4. The number of rotatable bonds is 5. The molecule has 110 valence electrons. The van der Waals surface area contributed by atoms with Crippen LogP contribution in [0.15, 0.2) is 72.9 Å². The number of carbonyl (C=O) groups is 1. The van der Waals surface area contributed by atoms with Crippen LogP contribution in [0.2, 0.25) is 0 Å². The second-order valence-electron chi connectivity index (χ2n) is 5.18. The molecule has 22 heavy (non-hydrogen) atoms. The first-order valence-corrected chi connectivity index (χ1v) is 7.28. The summed E-state index contributed by atoms with van der Waals surface area (Å²) < 4.78 is 2.04. The van der Waals surface area contributed by atoms with Crippen molar-refractivity contribution in [2.24, 2.45) is 0 Å². The van der Waals surface area contributed by atoms with Crippen molar-refractivity contribution >= 4 is 5.97 Å². The minimum Gasteiger partial charge on any atom is -0.481 e. The van der Waals surface area contributed by atoms with Crippen LogP contribution in [-0.2, 0) is 11.2 Å². The molecule has 0 fully saturated rings. The molecule has 0 bridgehead atoms. The number of hydrogen-bond donors (Lipinski definition) is 1. The third-order valence-electron chi connectivity index (χ3n) is 3.68. The average Bonchev–Trinajstić information content (AvgIpc) is 3.02. The van der Waals surface area contributed by atoms with Crippen molar-refractivity contribution in [1.82, 2.24) is 4.57 Å². The van der Waals surface area contributed by atoms with Gasteiger partial charge in [-0.15, -0.1) is 0 Å². The minimum absolute atomic E-state index is 0.145. The lowest BCUT2D eigenvalue weighted by atomic mass is 10.1. The van der Waals surface area contributed by atoms with Crippen LogP contribution in [0.5, 0.6) is 0 Å². The van der Waals surface area contributed by atoms with Gasteiger partial charge in [0.05, 0.1) is 6.42 Å². The predicted molar refractivity (Wildman–Crippen MR) is 87.2 cm³/mol. The topological polar surface area (TPSA) is 42.2 Å². The van der Waals surface area contributed by atoms with Crippen molar-refractivity contribution in [1.29, 1.82) is 0 Å². The fraction of sp³-hybridized carbons (Fsp3) is 0.105. The zero-order valence-corrected chi connectivity index (χ0v) is 12.1. The van der Waals surface area contributed by atoms with E-state index in [4.69, 9.17) is 5.11 Å². The summed E-state index contributed by atoms with van der Waals surface area (Å²) in [5.74, 6) is -0.771. The third-order valence-corrected chi connectivity index (χ3v) is 3.68. The second-order valence-corrected chi connectivity index (χ2v) is 5.18. The molecule has 0 aliphatic carbocycles. The van der Waals surface area contributed by atoms with Gasteiger partial charge in [0.1, 0.15) is 0 Å². The first-order valence-electron chi connectivity index (χ1n) is 7.28. The molecule has 2 aromatic carbocycles. The van der Waals surface area contributed by atoms with Crippen molar-refractivity contribution < 1.29 is 9.90 Å². The van der Waals surface area contributed by atoms with Gasteiger partial charge in [-0.3, -0.25) is 4.79 Å². The summed E-state index contributed by atoms with van der Waals surface area (Å²) in [5, 5.41) is 8.83. The summed E-state index contributed by atoms with van der Waals surface area (Å²) in [5.41, 5.74) is 4.41. The third kappa shape index (κ3) is 3.09. The van der Waals surface area contributed by atoms with E-state index in [0.717, 1.165) is 11.4 Å². The fourth-order valence-corrected chi connectivity index (χ4v) is 2.55. The first-order chi connectivity index (χ1) is 10.7. The van der Waals surface area contributed by atoms with Crippen LogP contribution in [0, 0.1) is 0 Å². The maximum Gasteiger partial charge on any atom is 0.303 e. The van der Waals surface area contributed by atoms with E-state index in [-0.39, 0.29) is 6.42 Å². The molecular weight excluding hydrogens is 274 g/mol. The molecule has 3 heteroatoms. The highest BCUT2D eigenvalue weighted by Crippen LogP contribution is 2.22. The van der Waals surface area contributed by atoms with E-state index in [1.54, 1.807) is 0 Å². The van der Waals surface area contributed by atoms with Crippen molar-refractivity contribution in [3.8, 4) is 16.8 Å². The number of aliphatic carboxylic acids is 1. The molecule has 0 unspecified atom stereocenters. The van der Waals surface area contributed by atoms with Gasteiger partial charge < -0.3 is 9.67 Å². The lowest BCUT2D eigenvalue weighted by Gasteiger charge is -2.10. The van der Waals surface area contributed by atoms with Crippen molar-refractivity contribution in [2.75, 3.05) is 0 Å². The summed E-state index contributed by atoms with van der Waals surface area (Å²) in [6.07, 6.45) is 2.64. The number of aryl methyl sites for hydroxylation is 1. The quantitative estimate of drug-likeness (QED) is 0.767. The molecule has 0 spiro atoms. The zero-order chi connectivity index (χ0) is 15.4. The Balaban J connectivity index is 1.85. The van der Waals surface area contributed by atoms with Crippen molar-refractivity contribution in [2.45, 2.75) is 12.8 Å². The monoisotopic (exact) mass is 291 g/mol. The number of carboxylic acid groups (broad SMARTS) is 1. The molecule has 0 aliphatic rings. The minimum atomic E-state index is -0.771. The first kappa shape index (κ1) is 14.1. The van der Waals surface area contributed by atoms with E-state index in [1.165, 1.54) is 11.1 Å². The normalized spacial score (nSPS) is 10.5. The Morgan fingerprint density at radius 3 is 2.23 bits per heavy atom. The zero-order valence-electron chi connectivity index (χ0n) is 12.1. The van der Waals surface area contributed by atoms with Gasteiger partial charge in [0, 0.05) is 17.6 Å². The number of benzene rings is 2. The molecule has 3 rings (SSSR count). The molecule has 0 saturated heterocycles. The van der Waals surface area contributed by atoms with Crippen molar-refractivity contribution in [3.63, 3.8) is 0 Å². The van der Waals surface area contributed by atoms with Crippen LogP contribution in [0.3, 0.4) is 0 Å². The second kappa shape index (κ2) is 6.31. The van der Waals surface area contributed by atoms with Gasteiger partial charge in [0.2, 0.25) is 0 Å². The Morgan fingerprint density at radius 2 is 1.55 bits per heavy atom. The van der Waals surface area contributed by atoms with E-state index >= 15 is 0 Å². The van der Waals surface area contributed by atoms with Crippen LogP contribution in [0.1, 0.15) is 12.1 Å². The number of hydrogen-bond acceptors (Lipinski definition) is 1. The van der Waals surface area contributed by atoms with E-state index in [1.807, 2.05) is 41.1 Å². The molecule has 3 nitrogen and oxygen atoms in total. The van der Waals surface area contributed by atoms with E-state index in [9.17, 15) is 4.79 Å². The summed E-state index contributed by atoms with van der Waals surface area (Å²) in [6.45, 7) is 0. The van der Waals surface area contributed by atoms with Gasteiger partial charge in [-0.2, -0.15) is 0 Å². The molecule has 1 N–H and O–H groups in total. The molecule has 0 amide bonds. The Kier molecular flexibility index (Phi) is 4.05. The Morgan fingerprint density at radius 1 is 0.864 bits per heavy atom. The van der Waals surface area contributed by atoms with E-state index in [0.29, 0.717) is 6.42 Å². The van der Waals surface area contributed by atoms with E-state index in [2.05, 4.69) is 36.4 Å². The number of carboxylic acids is 1. The van der Waals surface area contributed by atoms with Crippen LogP contribution < -0.4 is 0 Å². The Hall–Kier alpha value is -2.81. The van der Waals surface area contributed by atoms with Crippen LogP contribution in [-0.4, -0.2) is 15.6 Å². The molecule has 0 aliphatic heterocycles. The van der Waals surface area contributed by atoms with Gasteiger partial charge in [0.25, 0.3) is 0 Å². The number of nitrogens with zero attached hydrogens (tertiary/aromatic N) is 1. The molecule has 0 atom stereocenters. The predicted octanol–water partition coefficient (Wildman–Crippen LogP) is 4.16. The maximum absolute atomic E-state index is 10.7. The van der Waals surface area contributed by atoms with Crippen LogP contribution in [0.25, 0.3) is 16.8 Å². The smallest absolute Gasteiger partial charge is 0.303 e. The molecule has 0 radical (unpaired) electrons. The van der Waals surface area contributed by atoms with Gasteiger partial charge >= 0.3 is 5.97 Å². The Labute approximate surface area is 129 Å². The lowest BCUT2D eigenvalue weighted by molar-refractivity contribution is -0.136. The molecule has 3 aromatic rings. The van der Waals surface area contributed by atoms with Crippen LogP contribution in [0.4, 0.5) is 0 Å². The van der Waals surface area contributed by atoms with Crippen LogP contribution >= 0.6 is 0 Å². The Bertz CT molecular complexity index is 758. The maximum atomic E-state index is 10.7. The molecule has 0 saturated carbocycles.